The van der Waals surface area contributed by atoms with Gasteiger partial charge in [-0.2, -0.15) is 0 Å². The van der Waals surface area contributed by atoms with Crippen molar-refractivity contribution >= 4 is 28.2 Å². The molecular weight excluding hydrogens is 507 g/mol. The summed E-state index contributed by atoms with van der Waals surface area (Å²) in [5, 5.41) is 4.02. The molecule has 0 amide bonds. The molecule has 0 saturated carbocycles. The lowest BCUT2D eigenvalue weighted by Gasteiger charge is -2.17. The molecule has 0 radical (unpaired) electrons. The van der Waals surface area contributed by atoms with E-state index < -0.39 is 0 Å². The first-order valence-electron chi connectivity index (χ1n) is 13.4. The average molecular weight is 541 g/mol. The molecular formula is C32H33FN4O3. The summed E-state index contributed by atoms with van der Waals surface area (Å²) in [5.41, 5.74) is 3.90. The lowest BCUT2D eigenvalue weighted by atomic mass is 10.0. The van der Waals surface area contributed by atoms with Gasteiger partial charge in [-0.25, -0.2) is 14.4 Å². The molecule has 0 spiro atoms. The monoisotopic (exact) mass is 540 g/mol. The highest BCUT2D eigenvalue weighted by Crippen LogP contribution is 2.32. The summed E-state index contributed by atoms with van der Waals surface area (Å²) < 4.78 is 25.6. The average Bonchev–Trinajstić information content (AvgIpc) is 3.45. The van der Waals surface area contributed by atoms with Crippen LogP contribution in [-0.4, -0.2) is 53.6 Å². The normalized spacial score (nSPS) is 15.2. The van der Waals surface area contributed by atoms with Crippen molar-refractivity contribution in [3.05, 3.63) is 102 Å². The zero-order valence-corrected chi connectivity index (χ0v) is 22.8. The van der Waals surface area contributed by atoms with Gasteiger partial charge in [0.2, 0.25) is 0 Å². The third-order valence-electron chi connectivity index (χ3n) is 6.80. The summed E-state index contributed by atoms with van der Waals surface area (Å²) in [7, 11) is 2.03. The van der Waals surface area contributed by atoms with Crippen LogP contribution in [-0.2, 0) is 22.5 Å². The quantitative estimate of drug-likeness (QED) is 0.241. The number of rotatable bonds is 11. The molecule has 2 heterocycles. The Morgan fingerprint density at radius 1 is 1.18 bits per heavy atom. The molecule has 5 rings (SSSR count). The van der Waals surface area contributed by atoms with Gasteiger partial charge < -0.3 is 14.8 Å². The molecule has 3 aromatic carbocycles. The number of ketones is 1. The fraction of sp³-hybridized carbons (Fsp3) is 0.281. The van der Waals surface area contributed by atoms with Crippen LogP contribution in [0.1, 0.15) is 23.1 Å². The van der Waals surface area contributed by atoms with E-state index in [-0.39, 0.29) is 24.1 Å². The molecule has 1 aliphatic heterocycles. The Hall–Kier alpha value is -4.14. The Morgan fingerprint density at radius 2 is 2.02 bits per heavy atom. The van der Waals surface area contributed by atoms with Crippen LogP contribution in [0, 0.1) is 12.7 Å². The maximum absolute atomic E-state index is 13.8. The van der Waals surface area contributed by atoms with Gasteiger partial charge in [0.15, 0.2) is 5.78 Å². The summed E-state index contributed by atoms with van der Waals surface area (Å²) in [6.45, 7) is 4.33. The zero-order chi connectivity index (χ0) is 27.9. The molecule has 206 valence electrons. The third kappa shape index (κ3) is 7.08. The number of likely N-dealkylation sites (N-methyl/N-ethyl adjacent to an activating group) is 1. The number of nitrogens with one attached hydrogen (secondary N) is 1. The van der Waals surface area contributed by atoms with E-state index in [0.29, 0.717) is 48.1 Å². The van der Waals surface area contributed by atoms with Gasteiger partial charge in [-0.3, -0.25) is 9.69 Å². The smallest absolute Gasteiger partial charge is 0.159 e. The van der Waals surface area contributed by atoms with Gasteiger partial charge in [0, 0.05) is 48.6 Å². The minimum absolute atomic E-state index is 0.0273. The van der Waals surface area contributed by atoms with Crippen LogP contribution in [0.25, 0.3) is 10.9 Å². The van der Waals surface area contributed by atoms with E-state index in [2.05, 4.69) is 32.3 Å². The Kier molecular flexibility index (Phi) is 8.78. The number of carbonyl (C=O) groups is 1. The van der Waals surface area contributed by atoms with Crippen molar-refractivity contribution in [2.45, 2.75) is 32.4 Å². The Morgan fingerprint density at radius 3 is 2.80 bits per heavy atom. The number of aryl methyl sites for hydroxylation is 1. The van der Waals surface area contributed by atoms with Crippen molar-refractivity contribution in [1.82, 2.24) is 14.9 Å². The molecule has 1 aromatic heterocycles. The third-order valence-corrected chi connectivity index (χ3v) is 6.80. The van der Waals surface area contributed by atoms with Gasteiger partial charge >= 0.3 is 0 Å². The number of aromatic nitrogens is 2. The summed E-state index contributed by atoms with van der Waals surface area (Å²) >= 11 is 0. The number of halogens is 1. The van der Waals surface area contributed by atoms with Crippen molar-refractivity contribution in [2.24, 2.45) is 0 Å². The van der Waals surface area contributed by atoms with Crippen LogP contribution in [0.15, 0.2) is 79.1 Å². The molecule has 1 aliphatic rings. The van der Waals surface area contributed by atoms with Gasteiger partial charge in [-0.15, -0.1) is 0 Å². The number of fused-ring (bicyclic) bond motifs is 1. The van der Waals surface area contributed by atoms with Gasteiger partial charge in [0.05, 0.1) is 18.7 Å². The SMILES string of the molecule is Cc1cc(Nc2ncnc3cc(OC4CCOC4)c(CC(=O)/C=C/CN(C)Cc4ccccc4)cc23)ccc1F. The van der Waals surface area contributed by atoms with E-state index in [1.807, 2.05) is 43.5 Å². The number of allylic oxidation sites excluding steroid dienone is 1. The Balaban J connectivity index is 1.36. The summed E-state index contributed by atoms with van der Waals surface area (Å²) in [6, 6.07) is 18.8. The number of carbonyl (C=O) groups excluding carboxylic acids is 1. The van der Waals surface area contributed by atoms with Crippen molar-refractivity contribution in [2.75, 3.05) is 32.1 Å². The minimum Gasteiger partial charge on any atom is -0.488 e. The zero-order valence-electron chi connectivity index (χ0n) is 22.8. The van der Waals surface area contributed by atoms with Crippen molar-refractivity contribution in [1.29, 1.82) is 0 Å². The maximum atomic E-state index is 13.8. The number of hydrogen-bond acceptors (Lipinski definition) is 7. The molecule has 40 heavy (non-hydrogen) atoms. The van der Waals surface area contributed by atoms with E-state index in [9.17, 15) is 9.18 Å². The molecule has 8 heteroatoms. The van der Waals surface area contributed by atoms with E-state index in [1.54, 1.807) is 25.1 Å². The first kappa shape index (κ1) is 27.4. The van der Waals surface area contributed by atoms with Crippen LogP contribution in [0.3, 0.4) is 0 Å². The predicted octanol–water partition coefficient (Wildman–Crippen LogP) is 5.79. The van der Waals surface area contributed by atoms with E-state index in [0.717, 1.165) is 23.9 Å². The molecule has 4 aromatic rings. The number of nitrogens with zero attached hydrogens (tertiary/aromatic N) is 3. The second-order valence-electron chi connectivity index (χ2n) is 10.1. The second-order valence-corrected chi connectivity index (χ2v) is 10.1. The highest BCUT2D eigenvalue weighted by atomic mass is 19.1. The summed E-state index contributed by atoms with van der Waals surface area (Å²) in [4.78, 5) is 24.1. The highest BCUT2D eigenvalue weighted by molar-refractivity contribution is 5.96. The lowest BCUT2D eigenvalue weighted by Crippen LogP contribution is -2.18. The van der Waals surface area contributed by atoms with Crippen LogP contribution in [0.5, 0.6) is 5.75 Å². The van der Waals surface area contributed by atoms with Crippen molar-refractivity contribution in [3.8, 4) is 5.75 Å². The lowest BCUT2D eigenvalue weighted by molar-refractivity contribution is -0.114. The van der Waals surface area contributed by atoms with Crippen LogP contribution >= 0.6 is 0 Å². The van der Waals surface area contributed by atoms with E-state index in [1.165, 1.54) is 18.0 Å². The summed E-state index contributed by atoms with van der Waals surface area (Å²) in [6.07, 6.45) is 5.89. The van der Waals surface area contributed by atoms with Gasteiger partial charge in [-0.1, -0.05) is 36.4 Å². The Labute approximate surface area is 233 Å². The molecule has 7 nitrogen and oxygen atoms in total. The minimum atomic E-state index is -0.268. The first-order chi connectivity index (χ1) is 19.4. The highest BCUT2D eigenvalue weighted by Gasteiger charge is 2.21. The second kappa shape index (κ2) is 12.8. The molecule has 0 aliphatic carbocycles. The fourth-order valence-electron chi connectivity index (χ4n) is 4.69. The standard InChI is InChI=1S/C32H33FN4O3/c1-22-15-25(10-11-29(22)33)36-32-28-17-24(31(18-30(28)34-21-35-32)40-27-12-14-39-20-27)16-26(38)9-6-13-37(2)19-23-7-4-3-5-8-23/h3-11,15,17-18,21,27H,12-14,16,19-20H2,1-2H3,(H,34,35,36)/b9-6+. The van der Waals surface area contributed by atoms with Crippen molar-refractivity contribution < 1.29 is 18.7 Å². The molecule has 1 unspecified atom stereocenters. The van der Waals surface area contributed by atoms with E-state index >= 15 is 0 Å². The summed E-state index contributed by atoms with van der Waals surface area (Å²) in [5.74, 6) is 0.892. The number of anilines is 2. The molecule has 0 bridgehead atoms. The maximum Gasteiger partial charge on any atom is 0.159 e. The van der Waals surface area contributed by atoms with Crippen LogP contribution < -0.4 is 10.1 Å². The molecule has 1 N–H and O–H groups in total. The van der Waals surface area contributed by atoms with Crippen LogP contribution in [0.2, 0.25) is 0 Å². The predicted molar refractivity (Wildman–Crippen MR) is 154 cm³/mol. The van der Waals surface area contributed by atoms with E-state index in [4.69, 9.17) is 9.47 Å². The van der Waals surface area contributed by atoms with Gasteiger partial charge in [-0.05, 0) is 55.4 Å². The number of ether oxygens (including phenoxy) is 2. The molecule has 1 fully saturated rings. The number of hydrogen-bond donors (Lipinski definition) is 1. The largest absolute Gasteiger partial charge is 0.488 e. The topological polar surface area (TPSA) is 76.6 Å². The molecule has 1 saturated heterocycles. The van der Waals surface area contributed by atoms with Crippen LogP contribution in [0.4, 0.5) is 15.9 Å². The van der Waals surface area contributed by atoms with Gasteiger partial charge in [0.1, 0.15) is 29.8 Å². The fourth-order valence-corrected chi connectivity index (χ4v) is 4.69. The van der Waals surface area contributed by atoms with Crippen molar-refractivity contribution in [3.63, 3.8) is 0 Å². The number of benzene rings is 3. The first-order valence-corrected chi connectivity index (χ1v) is 13.4. The molecule has 1 atom stereocenters. The van der Waals surface area contributed by atoms with Gasteiger partial charge in [0.25, 0.3) is 0 Å². The Bertz CT molecular complexity index is 1500.